The minimum Gasteiger partial charge on any atom is -0.478 e. The number of furan rings is 1. The summed E-state index contributed by atoms with van der Waals surface area (Å²) in [5.74, 6) is -1.24. The Labute approximate surface area is 186 Å². The second-order valence-corrected chi connectivity index (χ2v) is 7.81. The van der Waals surface area contributed by atoms with Crippen molar-refractivity contribution in [3.63, 3.8) is 0 Å². The van der Waals surface area contributed by atoms with Gasteiger partial charge in [0.2, 0.25) is 0 Å². The summed E-state index contributed by atoms with van der Waals surface area (Å²) in [6, 6.07) is 15.8. The fourth-order valence-electron chi connectivity index (χ4n) is 2.93. The summed E-state index contributed by atoms with van der Waals surface area (Å²) in [5.41, 5.74) is 1.59. The summed E-state index contributed by atoms with van der Waals surface area (Å²) in [6.07, 6.45) is 1.62. The highest BCUT2D eigenvalue weighted by atomic mass is 32.2. The number of amides is 1. The molecule has 2 N–H and O–H groups in total. The topological polar surface area (TPSA) is 120 Å². The number of rotatable bonds is 5. The van der Waals surface area contributed by atoms with Gasteiger partial charge in [-0.3, -0.25) is 9.69 Å². The first-order valence-corrected chi connectivity index (χ1v) is 10.2. The summed E-state index contributed by atoms with van der Waals surface area (Å²) in [5, 5.41) is 18.4. The summed E-state index contributed by atoms with van der Waals surface area (Å²) in [6.45, 7) is 0. The molecule has 0 spiro atoms. The van der Waals surface area contributed by atoms with Gasteiger partial charge in [-0.25, -0.2) is 14.6 Å². The summed E-state index contributed by atoms with van der Waals surface area (Å²) < 4.78 is 5.80. The van der Waals surface area contributed by atoms with E-state index in [2.05, 4.69) is 4.99 Å². The van der Waals surface area contributed by atoms with Crippen LogP contribution in [0.1, 0.15) is 26.5 Å². The van der Waals surface area contributed by atoms with E-state index in [1.165, 1.54) is 40.9 Å². The fraction of sp³-hybridized carbons (Fsp3) is 0.0435. The van der Waals surface area contributed by atoms with Crippen LogP contribution >= 0.6 is 11.8 Å². The molecule has 1 amide bonds. The van der Waals surface area contributed by atoms with Crippen molar-refractivity contribution in [3.8, 4) is 11.3 Å². The van der Waals surface area contributed by atoms with Crippen molar-refractivity contribution in [2.45, 2.75) is 0 Å². The zero-order valence-corrected chi connectivity index (χ0v) is 17.5. The van der Waals surface area contributed by atoms with Gasteiger partial charge in [-0.2, -0.15) is 0 Å². The number of carbonyl (C=O) groups is 3. The van der Waals surface area contributed by atoms with Crippen LogP contribution in [-0.4, -0.2) is 45.2 Å². The van der Waals surface area contributed by atoms with E-state index in [-0.39, 0.29) is 17.0 Å². The Morgan fingerprint density at radius 1 is 0.938 bits per heavy atom. The second-order valence-electron chi connectivity index (χ2n) is 6.81. The highest BCUT2D eigenvalue weighted by molar-refractivity contribution is 8.18. The molecule has 0 saturated carbocycles. The molecule has 1 saturated heterocycles. The molecule has 0 unspecified atom stereocenters. The molecule has 1 aromatic heterocycles. The first-order valence-electron chi connectivity index (χ1n) is 9.35. The number of likely N-dealkylation sites (N-methyl/N-ethyl adjacent to an activating group) is 1. The van der Waals surface area contributed by atoms with Gasteiger partial charge in [-0.1, -0.05) is 12.1 Å². The molecule has 0 bridgehead atoms. The Morgan fingerprint density at radius 2 is 1.53 bits per heavy atom. The Kier molecular flexibility index (Phi) is 5.65. The third kappa shape index (κ3) is 4.33. The van der Waals surface area contributed by atoms with Crippen molar-refractivity contribution >= 4 is 46.5 Å². The number of aromatic carboxylic acids is 2. The number of aliphatic imine (C=N–C) groups is 1. The maximum atomic E-state index is 12.6. The Bertz CT molecular complexity index is 1270. The van der Waals surface area contributed by atoms with Gasteiger partial charge in [0.05, 0.1) is 21.7 Å². The maximum absolute atomic E-state index is 12.6. The Hall–Kier alpha value is -4.11. The second kappa shape index (κ2) is 8.56. The van der Waals surface area contributed by atoms with Crippen molar-refractivity contribution in [2.75, 3.05) is 7.05 Å². The van der Waals surface area contributed by atoms with Crippen LogP contribution in [0.15, 0.2) is 75.0 Å². The molecule has 0 aliphatic carbocycles. The summed E-state index contributed by atoms with van der Waals surface area (Å²) in [4.78, 5) is 40.8. The van der Waals surface area contributed by atoms with Crippen LogP contribution in [0.25, 0.3) is 17.4 Å². The number of hydrogen-bond acceptors (Lipinski definition) is 6. The number of carbonyl (C=O) groups excluding carboxylic acids is 1. The lowest BCUT2D eigenvalue weighted by Gasteiger charge is -2.07. The SMILES string of the molecule is CN1C(=O)/C(=C\c2ccc(-c3ccc(C(=O)O)cc3)o2)S/C1=N/c1ccc(C(=O)O)cc1. The Balaban J connectivity index is 1.54. The number of nitrogens with zero attached hydrogens (tertiary/aromatic N) is 2. The van der Waals surface area contributed by atoms with Gasteiger partial charge in [0.25, 0.3) is 5.91 Å². The van der Waals surface area contributed by atoms with E-state index >= 15 is 0 Å². The lowest BCUT2D eigenvalue weighted by atomic mass is 10.1. The number of benzene rings is 2. The molecule has 160 valence electrons. The van der Waals surface area contributed by atoms with Gasteiger partial charge in [-0.05, 0) is 60.3 Å². The van der Waals surface area contributed by atoms with E-state index in [4.69, 9.17) is 14.6 Å². The van der Waals surface area contributed by atoms with Gasteiger partial charge >= 0.3 is 11.9 Å². The quantitative estimate of drug-likeness (QED) is 0.548. The number of carboxylic acids is 2. The third-order valence-corrected chi connectivity index (χ3v) is 5.72. The molecule has 4 rings (SSSR count). The minimum atomic E-state index is -1.02. The first kappa shape index (κ1) is 21.1. The predicted molar refractivity (Wildman–Crippen MR) is 120 cm³/mol. The standard InChI is InChI=1S/C23H16N2O6S/c1-25-20(26)19(32-23(25)24-16-8-6-15(7-9-16)22(29)30)12-17-10-11-18(31-17)13-2-4-14(5-3-13)21(27)28/h2-12H,1H3,(H,27,28)(H,29,30)/b19-12+,24-23+. The van der Waals surface area contributed by atoms with Crippen LogP contribution in [0.5, 0.6) is 0 Å². The van der Waals surface area contributed by atoms with E-state index in [1.54, 1.807) is 49.5 Å². The monoisotopic (exact) mass is 448 g/mol. The van der Waals surface area contributed by atoms with Gasteiger partial charge in [-0.15, -0.1) is 0 Å². The Morgan fingerprint density at radius 3 is 2.12 bits per heavy atom. The molecule has 9 heteroatoms. The normalized spacial score (nSPS) is 16.2. The lowest BCUT2D eigenvalue weighted by molar-refractivity contribution is -0.121. The fourth-order valence-corrected chi connectivity index (χ4v) is 3.90. The molecule has 1 aliphatic rings. The molecule has 0 radical (unpaired) electrons. The average molecular weight is 448 g/mol. The average Bonchev–Trinajstić information content (AvgIpc) is 3.35. The maximum Gasteiger partial charge on any atom is 0.335 e. The molecule has 2 aromatic carbocycles. The smallest absolute Gasteiger partial charge is 0.335 e. The molecular weight excluding hydrogens is 432 g/mol. The van der Waals surface area contributed by atoms with Gasteiger partial charge in [0.1, 0.15) is 11.5 Å². The van der Waals surface area contributed by atoms with Crippen LogP contribution in [0.2, 0.25) is 0 Å². The van der Waals surface area contributed by atoms with Crippen LogP contribution in [-0.2, 0) is 4.79 Å². The molecule has 2 heterocycles. The summed E-state index contributed by atoms with van der Waals surface area (Å²) >= 11 is 1.18. The summed E-state index contributed by atoms with van der Waals surface area (Å²) in [7, 11) is 1.61. The molecule has 3 aromatic rings. The zero-order chi connectivity index (χ0) is 22.8. The third-order valence-electron chi connectivity index (χ3n) is 4.66. The van der Waals surface area contributed by atoms with Crippen molar-refractivity contribution in [2.24, 2.45) is 4.99 Å². The van der Waals surface area contributed by atoms with Gasteiger partial charge in [0, 0.05) is 18.7 Å². The molecule has 32 heavy (non-hydrogen) atoms. The van der Waals surface area contributed by atoms with Crippen LogP contribution < -0.4 is 0 Å². The van der Waals surface area contributed by atoms with Crippen LogP contribution in [0.4, 0.5) is 5.69 Å². The van der Waals surface area contributed by atoms with E-state index in [0.29, 0.717) is 32.8 Å². The van der Waals surface area contributed by atoms with E-state index in [0.717, 1.165) is 0 Å². The van der Waals surface area contributed by atoms with Crippen molar-refractivity contribution in [1.29, 1.82) is 0 Å². The first-order chi connectivity index (χ1) is 15.3. The van der Waals surface area contributed by atoms with Crippen molar-refractivity contribution in [3.05, 3.63) is 82.5 Å². The predicted octanol–water partition coefficient (Wildman–Crippen LogP) is 4.58. The van der Waals surface area contributed by atoms with Gasteiger partial charge in [0.15, 0.2) is 5.17 Å². The zero-order valence-electron chi connectivity index (χ0n) is 16.7. The van der Waals surface area contributed by atoms with Crippen LogP contribution in [0.3, 0.4) is 0 Å². The number of thioether (sulfide) groups is 1. The highest BCUT2D eigenvalue weighted by Gasteiger charge is 2.30. The number of amidine groups is 1. The van der Waals surface area contributed by atoms with E-state index < -0.39 is 11.9 Å². The molecule has 8 nitrogen and oxygen atoms in total. The number of carboxylic acid groups (broad SMARTS) is 2. The lowest BCUT2D eigenvalue weighted by Crippen LogP contribution is -2.23. The van der Waals surface area contributed by atoms with Crippen molar-refractivity contribution in [1.82, 2.24) is 4.90 Å². The largest absolute Gasteiger partial charge is 0.478 e. The highest BCUT2D eigenvalue weighted by Crippen LogP contribution is 2.34. The minimum absolute atomic E-state index is 0.157. The molecule has 0 atom stereocenters. The molecule has 1 aliphatic heterocycles. The van der Waals surface area contributed by atoms with E-state index in [9.17, 15) is 14.4 Å². The van der Waals surface area contributed by atoms with Crippen LogP contribution in [0, 0.1) is 0 Å². The van der Waals surface area contributed by atoms with Gasteiger partial charge < -0.3 is 14.6 Å². The number of hydrogen-bond donors (Lipinski definition) is 2. The van der Waals surface area contributed by atoms with E-state index in [1.807, 2.05) is 0 Å². The molecular formula is C23H16N2O6S. The molecule has 1 fully saturated rings. The van der Waals surface area contributed by atoms with Crippen molar-refractivity contribution < 1.29 is 29.0 Å².